The highest BCUT2D eigenvalue weighted by Gasteiger charge is 2.39. The first-order valence-electron chi connectivity index (χ1n) is 9.38. The second kappa shape index (κ2) is 7.03. The fraction of sp³-hybridized carbons (Fsp3) is 0.304. The lowest BCUT2D eigenvalue weighted by Crippen LogP contribution is -2.40. The van der Waals surface area contributed by atoms with Crippen LogP contribution >= 0.6 is 0 Å². The molecule has 1 amide bonds. The molecule has 1 atom stereocenters. The van der Waals surface area contributed by atoms with Crippen molar-refractivity contribution in [2.24, 2.45) is 0 Å². The Kier molecular flexibility index (Phi) is 4.56. The van der Waals surface area contributed by atoms with Crippen LogP contribution in [0.15, 0.2) is 59.8 Å². The summed E-state index contributed by atoms with van der Waals surface area (Å²) >= 11 is 0. The molecule has 4 rings (SSSR count). The molecule has 0 fully saturated rings. The van der Waals surface area contributed by atoms with E-state index in [0.717, 1.165) is 46.7 Å². The Bertz CT molecular complexity index is 927. The number of carbonyl (C=O) groups is 2. The fourth-order valence-corrected chi connectivity index (χ4v) is 4.13. The molecular formula is C23H23NO3. The number of hydrogen-bond donors (Lipinski definition) is 0. The Morgan fingerprint density at radius 3 is 2.56 bits per heavy atom. The van der Waals surface area contributed by atoms with Crippen LogP contribution in [-0.4, -0.2) is 18.8 Å². The number of carbonyl (C=O) groups excluding carboxylic acids is 2. The van der Waals surface area contributed by atoms with E-state index in [4.69, 9.17) is 4.74 Å². The first-order chi connectivity index (χ1) is 13.1. The molecule has 1 heterocycles. The minimum Gasteiger partial charge on any atom is -0.497 e. The third kappa shape index (κ3) is 3.16. The highest BCUT2D eigenvalue weighted by Crippen LogP contribution is 2.43. The van der Waals surface area contributed by atoms with Gasteiger partial charge in [0, 0.05) is 35.7 Å². The van der Waals surface area contributed by atoms with Gasteiger partial charge in [-0.2, -0.15) is 0 Å². The molecule has 2 aromatic carbocycles. The van der Waals surface area contributed by atoms with Gasteiger partial charge in [0.25, 0.3) is 0 Å². The van der Waals surface area contributed by atoms with Crippen LogP contribution in [0.25, 0.3) is 0 Å². The van der Waals surface area contributed by atoms with Crippen LogP contribution in [0.2, 0.25) is 0 Å². The summed E-state index contributed by atoms with van der Waals surface area (Å²) < 4.78 is 5.34. The van der Waals surface area contributed by atoms with Crippen molar-refractivity contribution in [1.82, 2.24) is 0 Å². The summed E-state index contributed by atoms with van der Waals surface area (Å²) in [5, 5.41) is 0. The molecule has 0 saturated heterocycles. The molecule has 0 spiro atoms. The maximum atomic E-state index is 13.1. The number of aryl methyl sites for hydroxylation is 1. The number of methoxy groups -OCH3 is 1. The number of anilines is 1. The van der Waals surface area contributed by atoms with Gasteiger partial charge in [0.2, 0.25) is 5.91 Å². The van der Waals surface area contributed by atoms with E-state index in [1.165, 1.54) is 0 Å². The van der Waals surface area contributed by atoms with Crippen LogP contribution in [0.5, 0.6) is 5.75 Å². The number of ether oxygens (including phenoxy) is 1. The fourth-order valence-electron chi connectivity index (χ4n) is 4.13. The Morgan fingerprint density at radius 2 is 1.81 bits per heavy atom. The van der Waals surface area contributed by atoms with E-state index in [9.17, 15) is 9.59 Å². The number of hydrogen-bond acceptors (Lipinski definition) is 3. The van der Waals surface area contributed by atoms with Crippen LogP contribution in [0.1, 0.15) is 42.7 Å². The van der Waals surface area contributed by atoms with E-state index in [0.29, 0.717) is 12.8 Å². The summed E-state index contributed by atoms with van der Waals surface area (Å²) in [6.45, 7) is 2.02. The average molecular weight is 361 g/mol. The number of nitrogens with zero attached hydrogens (tertiary/aromatic N) is 1. The molecular weight excluding hydrogens is 338 g/mol. The molecule has 4 heteroatoms. The molecule has 0 N–H and O–H groups in total. The minimum atomic E-state index is -0.197. The molecule has 138 valence electrons. The SMILES string of the molecule is COc1cccc(C2CC(=O)N(c3ccc(C)cc3)C3=C2C(=O)CCC3)c1. The summed E-state index contributed by atoms with van der Waals surface area (Å²) in [6.07, 6.45) is 2.39. The monoisotopic (exact) mass is 361 g/mol. The van der Waals surface area contributed by atoms with E-state index >= 15 is 0 Å². The van der Waals surface area contributed by atoms with Crippen molar-refractivity contribution >= 4 is 17.4 Å². The summed E-state index contributed by atoms with van der Waals surface area (Å²) in [5.41, 5.74) is 4.63. The summed E-state index contributed by atoms with van der Waals surface area (Å²) in [7, 11) is 1.63. The standard InChI is InChI=1S/C23H23NO3/c1-15-9-11-17(12-10-15)24-20-7-4-8-21(25)23(20)19(14-22(24)26)16-5-3-6-18(13-16)27-2/h3,5-6,9-13,19H,4,7-8,14H2,1-2H3. The molecule has 0 saturated carbocycles. The lowest BCUT2D eigenvalue weighted by molar-refractivity contribution is -0.119. The molecule has 0 bridgehead atoms. The molecule has 1 aliphatic heterocycles. The Labute approximate surface area is 159 Å². The predicted molar refractivity (Wildman–Crippen MR) is 105 cm³/mol. The highest BCUT2D eigenvalue weighted by atomic mass is 16.5. The van der Waals surface area contributed by atoms with Gasteiger partial charge >= 0.3 is 0 Å². The maximum absolute atomic E-state index is 13.1. The molecule has 27 heavy (non-hydrogen) atoms. The van der Waals surface area contributed by atoms with Gasteiger partial charge in [-0.3, -0.25) is 14.5 Å². The summed E-state index contributed by atoms with van der Waals surface area (Å²) in [6, 6.07) is 15.6. The number of rotatable bonds is 3. The van der Waals surface area contributed by atoms with Crippen molar-refractivity contribution in [1.29, 1.82) is 0 Å². The molecule has 1 unspecified atom stereocenters. The zero-order valence-electron chi connectivity index (χ0n) is 15.7. The van der Waals surface area contributed by atoms with Crippen molar-refractivity contribution in [2.75, 3.05) is 12.0 Å². The van der Waals surface area contributed by atoms with Gasteiger partial charge in [0.05, 0.1) is 7.11 Å². The first-order valence-corrected chi connectivity index (χ1v) is 9.38. The highest BCUT2D eigenvalue weighted by molar-refractivity contribution is 6.07. The average Bonchev–Trinajstić information content (AvgIpc) is 2.68. The minimum absolute atomic E-state index is 0.0418. The van der Waals surface area contributed by atoms with E-state index in [1.807, 2.05) is 55.5 Å². The van der Waals surface area contributed by atoms with Gasteiger partial charge in [-0.1, -0.05) is 29.8 Å². The van der Waals surface area contributed by atoms with Gasteiger partial charge in [-0.15, -0.1) is 0 Å². The number of allylic oxidation sites excluding steroid dienone is 2. The lowest BCUT2D eigenvalue weighted by atomic mass is 9.77. The van der Waals surface area contributed by atoms with Gasteiger partial charge < -0.3 is 4.74 Å². The Balaban J connectivity index is 1.84. The van der Waals surface area contributed by atoms with Crippen molar-refractivity contribution in [2.45, 2.75) is 38.5 Å². The topological polar surface area (TPSA) is 46.6 Å². The lowest BCUT2D eigenvalue weighted by Gasteiger charge is -2.38. The quantitative estimate of drug-likeness (QED) is 0.807. The van der Waals surface area contributed by atoms with Gasteiger partial charge in [0.1, 0.15) is 5.75 Å². The van der Waals surface area contributed by atoms with Crippen LogP contribution in [0.4, 0.5) is 5.69 Å². The summed E-state index contributed by atoms with van der Waals surface area (Å²) in [4.78, 5) is 27.8. The molecule has 0 radical (unpaired) electrons. The predicted octanol–water partition coefficient (Wildman–Crippen LogP) is 4.53. The van der Waals surface area contributed by atoms with Gasteiger partial charge in [-0.25, -0.2) is 0 Å². The number of amides is 1. The van der Waals surface area contributed by atoms with Crippen LogP contribution in [0, 0.1) is 6.92 Å². The largest absolute Gasteiger partial charge is 0.497 e. The van der Waals surface area contributed by atoms with Crippen LogP contribution < -0.4 is 9.64 Å². The number of Topliss-reactive ketones (excluding diaryl/α,β-unsaturated/α-hetero) is 1. The zero-order valence-corrected chi connectivity index (χ0v) is 15.7. The molecule has 2 aliphatic rings. The number of benzene rings is 2. The van der Waals surface area contributed by atoms with Gasteiger partial charge in [0.15, 0.2) is 5.78 Å². The summed E-state index contributed by atoms with van der Waals surface area (Å²) in [5.74, 6) is 0.747. The second-order valence-corrected chi connectivity index (χ2v) is 7.24. The Morgan fingerprint density at radius 1 is 1.04 bits per heavy atom. The van der Waals surface area contributed by atoms with E-state index < -0.39 is 0 Å². The third-order valence-electron chi connectivity index (χ3n) is 5.46. The number of ketones is 1. The van der Waals surface area contributed by atoms with Crippen LogP contribution in [-0.2, 0) is 9.59 Å². The van der Waals surface area contributed by atoms with E-state index in [2.05, 4.69) is 0 Å². The normalized spacial score (nSPS) is 19.9. The zero-order chi connectivity index (χ0) is 19.0. The van der Waals surface area contributed by atoms with Crippen molar-refractivity contribution in [3.05, 3.63) is 70.9 Å². The van der Waals surface area contributed by atoms with Crippen LogP contribution in [0.3, 0.4) is 0 Å². The van der Waals surface area contributed by atoms with E-state index in [1.54, 1.807) is 12.0 Å². The van der Waals surface area contributed by atoms with Crippen molar-refractivity contribution in [3.63, 3.8) is 0 Å². The van der Waals surface area contributed by atoms with Gasteiger partial charge in [-0.05, 0) is 49.6 Å². The maximum Gasteiger partial charge on any atom is 0.232 e. The molecule has 4 nitrogen and oxygen atoms in total. The van der Waals surface area contributed by atoms with Crippen molar-refractivity contribution < 1.29 is 14.3 Å². The van der Waals surface area contributed by atoms with Crippen molar-refractivity contribution in [3.8, 4) is 5.75 Å². The first kappa shape index (κ1) is 17.5. The third-order valence-corrected chi connectivity index (χ3v) is 5.46. The van der Waals surface area contributed by atoms with E-state index in [-0.39, 0.29) is 17.6 Å². The second-order valence-electron chi connectivity index (χ2n) is 7.24. The molecule has 0 aromatic heterocycles. The molecule has 2 aromatic rings. The smallest absolute Gasteiger partial charge is 0.232 e. The molecule has 1 aliphatic carbocycles. The Hall–Kier alpha value is -2.88.